The fourth-order valence-electron chi connectivity index (χ4n) is 2.94. The van der Waals surface area contributed by atoms with Crippen molar-refractivity contribution >= 4 is 16.8 Å². The zero-order chi connectivity index (χ0) is 18.5. The van der Waals surface area contributed by atoms with Crippen LogP contribution in [0.3, 0.4) is 0 Å². The largest absolute Gasteiger partial charge is 0.494 e. The molecule has 2 aromatic carbocycles. The number of hydrogen-bond acceptors (Lipinski definition) is 3. The second kappa shape index (κ2) is 7.87. The lowest BCUT2D eigenvalue weighted by atomic mass is 10.1. The van der Waals surface area contributed by atoms with Gasteiger partial charge in [-0.25, -0.2) is 0 Å². The Morgan fingerprint density at radius 1 is 1.12 bits per heavy atom. The van der Waals surface area contributed by atoms with Gasteiger partial charge in [0.15, 0.2) is 5.43 Å². The first-order chi connectivity index (χ1) is 12.6. The number of hydrogen-bond donors (Lipinski definition) is 1. The van der Waals surface area contributed by atoms with E-state index in [2.05, 4.69) is 5.32 Å². The first-order valence-corrected chi connectivity index (χ1v) is 8.69. The molecule has 0 saturated heterocycles. The Morgan fingerprint density at radius 3 is 2.58 bits per heavy atom. The number of para-hydroxylation sites is 1. The Hall–Kier alpha value is -3.08. The van der Waals surface area contributed by atoms with Crippen molar-refractivity contribution in [1.82, 2.24) is 9.88 Å². The molecule has 1 N–H and O–H groups in total. The van der Waals surface area contributed by atoms with Crippen molar-refractivity contribution in [2.24, 2.45) is 0 Å². The van der Waals surface area contributed by atoms with E-state index in [1.165, 1.54) is 6.07 Å². The smallest absolute Gasteiger partial charge is 0.240 e. The molecule has 3 aromatic rings. The summed E-state index contributed by atoms with van der Waals surface area (Å²) in [6, 6.07) is 16.4. The van der Waals surface area contributed by atoms with Crippen molar-refractivity contribution < 1.29 is 9.53 Å². The molecule has 5 heteroatoms. The lowest BCUT2D eigenvalue weighted by Gasteiger charge is -2.16. The highest BCUT2D eigenvalue weighted by molar-refractivity contribution is 5.82. The zero-order valence-corrected chi connectivity index (χ0v) is 14.9. The molecular formula is C21H22N2O3. The number of aromatic nitrogens is 1. The highest BCUT2D eigenvalue weighted by atomic mass is 16.5. The summed E-state index contributed by atoms with van der Waals surface area (Å²) in [6.07, 6.45) is 1.66. The summed E-state index contributed by atoms with van der Waals surface area (Å²) in [5.74, 6) is 0.703. The lowest BCUT2D eigenvalue weighted by Crippen LogP contribution is -2.30. The zero-order valence-electron chi connectivity index (χ0n) is 14.9. The Morgan fingerprint density at radius 2 is 1.85 bits per heavy atom. The number of carbonyl (C=O) groups is 1. The standard InChI is InChI=1S/C21H22N2O3/c1-3-26-17-10-8-16(9-11-17)15(2)22-21(25)14-23-13-12-20(24)18-6-4-5-7-19(18)23/h4-13,15H,3,14H2,1-2H3,(H,22,25)/t15-/m1/s1. The Labute approximate surface area is 152 Å². The fraction of sp³-hybridized carbons (Fsp3) is 0.238. The highest BCUT2D eigenvalue weighted by Gasteiger charge is 2.11. The number of rotatable bonds is 6. The number of ether oxygens (including phenoxy) is 1. The third kappa shape index (κ3) is 3.94. The quantitative estimate of drug-likeness (QED) is 0.742. The Balaban J connectivity index is 1.71. The molecule has 0 radical (unpaired) electrons. The van der Waals surface area contributed by atoms with E-state index in [1.54, 1.807) is 16.8 Å². The second-order valence-corrected chi connectivity index (χ2v) is 6.12. The molecule has 0 aliphatic carbocycles. The molecule has 0 unspecified atom stereocenters. The van der Waals surface area contributed by atoms with Crippen LogP contribution in [0.4, 0.5) is 0 Å². The van der Waals surface area contributed by atoms with E-state index < -0.39 is 0 Å². The molecule has 0 spiro atoms. The highest BCUT2D eigenvalue weighted by Crippen LogP contribution is 2.18. The van der Waals surface area contributed by atoms with Gasteiger partial charge in [-0.15, -0.1) is 0 Å². The van der Waals surface area contributed by atoms with E-state index in [9.17, 15) is 9.59 Å². The van der Waals surface area contributed by atoms with Gasteiger partial charge in [-0.05, 0) is 43.7 Å². The summed E-state index contributed by atoms with van der Waals surface area (Å²) >= 11 is 0. The van der Waals surface area contributed by atoms with Gasteiger partial charge in [0.05, 0.1) is 18.2 Å². The summed E-state index contributed by atoms with van der Waals surface area (Å²) < 4.78 is 7.22. The van der Waals surface area contributed by atoms with Crippen LogP contribution >= 0.6 is 0 Å². The van der Waals surface area contributed by atoms with Crippen molar-refractivity contribution in [3.8, 4) is 5.75 Å². The van der Waals surface area contributed by atoms with Gasteiger partial charge >= 0.3 is 0 Å². The van der Waals surface area contributed by atoms with Crippen molar-refractivity contribution in [2.75, 3.05) is 6.61 Å². The maximum Gasteiger partial charge on any atom is 0.240 e. The monoisotopic (exact) mass is 350 g/mol. The number of benzene rings is 2. The summed E-state index contributed by atoms with van der Waals surface area (Å²) in [7, 11) is 0. The average molecular weight is 350 g/mol. The predicted molar refractivity (Wildman–Crippen MR) is 102 cm³/mol. The van der Waals surface area contributed by atoms with E-state index >= 15 is 0 Å². The minimum atomic E-state index is -0.121. The number of nitrogens with zero attached hydrogens (tertiary/aromatic N) is 1. The van der Waals surface area contributed by atoms with Gasteiger partial charge < -0.3 is 14.6 Å². The molecule has 0 saturated carbocycles. The second-order valence-electron chi connectivity index (χ2n) is 6.12. The molecule has 0 aliphatic rings. The summed E-state index contributed by atoms with van der Waals surface area (Å²) in [5.41, 5.74) is 1.72. The van der Waals surface area contributed by atoms with Crippen LogP contribution in [0, 0.1) is 0 Å². The van der Waals surface area contributed by atoms with Crippen molar-refractivity contribution in [1.29, 1.82) is 0 Å². The van der Waals surface area contributed by atoms with Crippen LogP contribution < -0.4 is 15.5 Å². The minimum absolute atomic E-state index is 0.0417. The number of fused-ring (bicyclic) bond motifs is 1. The van der Waals surface area contributed by atoms with Gasteiger partial charge in [0, 0.05) is 17.6 Å². The number of nitrogens with one attached hydrogen (secondary N) is 1. The maximum atomic E-state index is 12.5. The third-order valence-electron chi connectivity index (χ3n) is 4.27. The van der Waals surface area contributed by atoms with E-state index in [1.807, 2.05) is 56.3 Å². The predicted octanol–water partition coefficient (Wildman–Crippen LogP) is 3.28. The molecule has 5 nitrogen and oxygen atoms in total. The molecule has 1 amide bonds. The van der Waals surface area contributed by atoms with Crippen LogP contribution in [0.5, 0.6) is 5.75 Å². The van der Waals surface area contributed by atoms with Crippen LogP contribution in [-0.4, -0.2) is 17.1 Å². The molecule has 0 bridgehead atoms. The molecule has 134 valence electrons. The Kier molecular flexibility index (Phi) is 5.37. The summed E-state index contributed by atoms with van der Waals surface area (Å²) in [6.45, 7) is 4.66. The van der Waals surface area contributed by atoms with Crippen LogP contribution in [0.1, 0.15) is 25.5 Å². The van der Waals surface area contributed by atoms with Gasteiger partial charge in [0.1, 0.15) is 12.3 Å². The van der Waals surface area contributed by atoms with Gasteiger partial charge in [-0.2, -0.15) is 0 Å². The first kappa shape index (κ1) is 17.7. The van der Waals surface area contributed by atoms with Crippen molar-refractivity contribution in [3.63, 3.8) is 0 Å². The van der Waals surface area contributed by atoms with E-state index in [0.29, 0.717) is 12.0 Å². The van der Waals surface area contributed by atoms with E-state index in [0.717, 1.165) is 16.8 Å². The molecule has 1 aromatic heterocycles. The SMILES string of the molecule is CCOc1ccc([C@@H](C)NC(=O)Cn2ccc(=O)c3ccccc32)cc1. The van der Waals surface area contributed by atoms with Crippen LogP contribution in [0.25, 0.3) is 10.9 Å². The number of amides is 1. The van der Waals surface area contributed by atoms with Gasteiger partial charge in [-0.1, -0.05) is 24.3 Å². The lowest BCUT2D eigenvalue weighted by molar-refractivity contribution is -0.122. The molecule has 1 heterocycles. The molecular weight excluding hydrogens is 328 g/mol. The van der Waals surface area contributed by atoms with Gasteiger partial charge in [0.2, 0.25) is 5.91 Å². The van der Waals surface area contributed by atoms with Crippen LogP contribution in [0.2, 0.25) is 0 Å². The maximum absolute atomic E-state index is 12.5. The van der Waals surface area contributed by atoms with E-state index in [4.69, 9.17) is 4.74 Å². The van der Waals surface area contributed by atoms with Crippen molar-refractivity contribution in [2.45, 2.75) is 26.4 Å². The van der Waals surface area contributed by atoms with E-state index in [-0.39, 0.29) is 23.9 Å². The first-order valence-electron chi connectivity index (χ1n) is 8.69. The minimum Gasteiger partial charge on any atom is -0.494 e. The molecule has 26 heavy (non-hydrogen) atoms. The van der Waals surface area contributed by atoms with Gasteiger partial charge in [0.25, 0.3) is 0 Å². The summed E-state index contributed by atoms with van der Waals surface area (Å²) in [4.78, 5) is 24.4. The number of carbonyl (C=O) groups excluding carboxylic acids is 1. The van der Waals surface area contributed by atoms with Gasteiger partial charge in [-0.3, -0.25) is 9.59 Å². The topological polar surface area (TPSA) is 60.3 Å². The molecule has 0 fully saturated rings. The number of pyridine rings is 1. The van der Waals surface area contributed by atoms with Crippen LogP contribution in [-0.2, 0) is 11.3 Å². The molecule has 1 atom stereocenters. The Bertz CT molecular complexity index is 961. The summed E-state index contributed by atoms with van der Waals surface area (Å²) in [5, 5.41) is 3.61. The molecule has 3 rings (SSSR count). The fourth-order valence-corrected chi connectivity index (χ4v) is 2.94. The third-order valence-corrected chi connectivity index (χ3v) is 4.27. The van der Waals surface area contributed by atoms with Crippen molar-refractivity contribution in [3.05, 3.63) is 76.6 Å². The molecule has 0 aliphatic heterocycles. The van der Waals surface area contributed by atoms with Crippen LogP contribution in [0.15, 0.2) is 65.6 Å². The average Bonchev–Trinajstić information content (AvgIpc) is 2.65. The normalized spacial score (nSPS) is 11.9.